The van der Waals surface area contributed by atoms with Gasteiger partial charge in [0.1, 0.15) is 12.2 Å². The van der Waals surface area contributed by atoms with E-state index in [-0.39, 0.29) is 29.7 Å². The number of aromatic carboxylic acids is 1. The molecule has 1 aliphatic heterocycles. The Balaban J connectivity index is 2.37. The number of carbonyl (C=O) groups is 2. The highest BCUT2D eigenvalue weighted by atomic mass is 16.5. The maximum Gasteiger partial charge on any atom is 0.339 e. The van der Waals surface area contributed by atoms with Gasteiger partial charge in [-0.05, 0) is 18.1 Å². The van der Waals surface area contributed by atoms with Crippen LogP contribution in [0.1, 0.15) is 30.6 Å². The second kappa shape index (κ2) is 6.13. The minimum absolute atomic E-state index is 0.0575. The van der Waals surface area contributed by atoms with Gasteiger partial charge in [-0.25, -0.2) is 4.79 Å². The lowest BCUT2D eigenvalue weighted by molar-refractivity contribution is -0.121. The average Bonchev–Trinajstić information content (AvgIpc) is 2.51. The van der Waals surface area contributed by atoms with Gasteiger partial charge in [0, 0.05) is 0 Å². The Morgan fingerprint density at radius 2 is 2.19 bits per heavy atom. The molecule has 3 N–H and O–H groups in total. The summed E-state index contributed by atoms with van der Waals surface area (Å²) in [7, 11) is 0. The number of anilines is 1. The van der Waals surface area contributed by atoms with E-state index in [2.05, 4.69) is 0 Å². The molecular weight excluding hydrogens is 272 g/mol. The SMILES string of the molecule is CCC(C)C(N)C(=O)N1CCOc2c(C(=O)O)cccc21. The van der Waals surface area contributed by atoms with Crippen molar-refractivity contribution in [3.05, 3.63) is 23.8 Å². The number of amides is 1. The molecule has 0 aromatic heterocycles. The normalized spacial score (nSPS) is 16.6. The number of carboxylic acid groups (broad SMARTS) is 1. The van der Waals surface area contributed by atoms with Crippen molar-refractivity contribution >= 4 is 17.6 Å². The third-order valence-electron chi connectivity index (χ3n) is 3.88. The zero-order chi connectivity index (χ0) is 15.6. The summed E-state index contributed by atoms with van der Waals surface area (Å²) in [5.41, 5.74) is 6.54. The average molecular weight is 292 g/mol. The first-order chi connectivity index (χ1) is 9.97. The molecule has 1 aromatic carbocycles. The van der Waals surface area contributed by atoms with Crippen LogP contribution < -0.4 is 15.4 Å². The van der Waals surface area contributed by atoms with Crippen LogP contribution in [0.2, 0.25) is 0 Å². The molecule has 1 aliphatic rings. The van der Waals surface area contributed by atoms with E-state index >= 15 is 0 Å². The molecule has 114 valence electrons. The molecule has 21 heavy (non-hydrogen) atoms. The van der Waals surface area contributed by atoms with Crippen LogP contribution in [0.5, 0.6) is 5.75 Å². The van der Waals surface area contributed by atoms with Crippen molar-refractivity contribution in [2.45, 2.75) is 26.3 Å². The maximum atomic E-state index is 12.5. The number of carboxylic acids is 1. The molecule has 0 saturated heterocycles. The molecule has 2 unspecified atom stereocenters. The Bertz CT molecular complexity index is 559. The summed E-state index contributed by atoms with van der Waals surface area (Å²) in [5, 5.41) is 9.19. The van der Waals surface area contributed by atoms with E-state index in [1.165, 1.54) is 11.0 Å². The number of nitrogens with zero attached hydrogens (tertiary/aromatic N) is 1. The van der Waals surface area contributed by atoms with Gasteiger partial charge >= 0.3 is 5.97 Å². The third-order valence-corrected chi connectivity index (χ3v) is 3.88. The zero-order valence-electron chi connectivity index (χ0n) is 12.2. The first-order valence-corrected chi connectivity index (χ1v) is 7.03. The van der Waals surface area contributed by atoms with Gasteiger partial charge in [-0.1, -0.05) is 26.3 Å². The number of hydrogen-bond acceptors (Lipinski definition) is 4. The lowest BCUT2D eigenvalue weighted by atomic mass is 9.98. The molecule has 1 aromatic rings. The predicted octanol–water partition coefficient (Wildman–Crippen LogP) is 1.48. The van der Waals surface area contributed by atoms with Crippen LogP contribution in [0, 0.1) is 5.92 Å². The molecule has 0 radical (unpaired) electrons. The number of hydrogen-bond donors (Lipinski definition) is 2. The molecule has 0 aliphatic carbocycles. The summed E-state index contributed by atoms with van der Waals surface area (Å²) >= 11 is 0. The first-order valence-electron chi connectivity index (χ1n) is 7.03. The highest BCUT2D eigenvalue weighted by molar-refractivity contribution is 6.02. The van der Waals surface area contributed by atoms with E-state index in [0.717, 1.165) is 6.42 Å². The van der Waals surface area contributed by atoms with E-state index in [0.29, 0.717) is 12.2 Å². The topological polar surface area (TPSA) is 92.9 Å². The van der Waals surface area contributed by atoms with Crippen molar-refractivity contribution in [2.75, 3.05) is 18.1 Å². The monoisotopic (exact) mass is 292 g/mol. The van der Waals surface area contributed by atoms with Crippen molar-refractivity contribution in [2.24, 2.45) is 11.7 Å². The Labute approximate surface area is 123 Å². The van der Waals surface area contributed by atoms with Crippen LogP contribution in [0.15, 0.2) is 18.2 Å². The lowest BCUT2D eigenvalue weighted by Crippen LogP contribution is -2.49. The van der Waals surface area contributed by atoms with Crippen molar-refractivity contribution in [1.29, 1.82) is 0 Å². The van der Waals surface area contributed by atoms with Crippen LogP contribution in [0.4, 0.5) is 5.69 Å². The van der Waals surface area contributed by atoms with Gasteiger partial charge in [0.15, 0.2) is 5.75 Å². The molecule has 0 spiro atoms. The van der Waals surface area contributed by atoms with Crippen molar-refractivity contribution in [1.82, 2.24) is 0 Å². The third kappa shape index (κ3) is 2.85. The molecule has 1 heterocycles. The summed E-state index contributed by atoms with van der Waals surface area (Å²) in [6, 6.07) is 4.15. The lowest BCUT2D eigenvalue weighted by Gasteiger charge is -2.33. The Hall–Kier alpha value is -2.08. The first kappa shape index (κ1) is 15.3. The van der Waals surface area contributed by atoms with Crippen LogP contribution in [-0.2, 0) is 4.79 Å². The van der Waals surface area contributed by atoms with E-state index < -0.39 is 12.0 Å². The minimum atomic E-state index is -1.08. The van der Waals surface area contributed by atoms with Crippen molar-refractivity contribution in [3.63, 3.8) is 0 Å². The van der Waals surface area contributed by atoms with Crippen LogP contribution in [0.3, 0.4) is 0 Å². The van der Waals surface area contributed by atoms with Crippen LogP contribution in [0.25, 0.3) is 0 Å². The summed E-state index contributed by atoms with van der Waals surface area (Å²) in [5.74, 6) is -0.976. The van der Waals surface area contributed by atoms with E-state index in [9.17, 15) is 14.7 Å². The Morgan fingerprint density at radius 1 is 1.48 bits per heavy atom. The summed E-state index contributed by atoms with van der Waals surface area (Å²) < 4.78 is 5.45. The molecule has 6 nitrogen and oxygen atoms in total. The highest BCUT2D eigenvalue weighted by Crippen LogP contribution is 2.35. The van der Waals surface area contributed by atoms with Gasteiger partial charge in [-0.15, -0.1) is 0 Å². The fourth-order valence-corrected chi connectivity index (χ4v) is 2.32. The van der Waals surface area contributed by atoms with Crippen LogP contribution >= 0.6 is 0 Å². The summed E-state index contributed by atoms with van der Waals surface area (Å²) in [6.45, 7) is 4.54. The number of rotatable bonds is 4. The predicted molar refractivity (Wildman–Crippen MR) is 78.7 cm³/mol. The number of nitrogens with two attached hydrogens (primary N) is 1. The van der Waals surface area contributed by atoms with Gasteiger partial charge in [-0.3, -0.25) is 4.79 Å². The van der Waals surface area contributed by atoms with Gasteiger partial charge in [-0.2, -0.15) is 0 Å². The maximum absolute atomic E-state index is 12.5. The molecule has 6 heteroatoms. The number of ether oxygens (including phenoxy) is 1. The second-order valence-electron chi connectivity index (χ2n) is 5.21. The molecule has 0 fully saturated rings. The highest BCUT2D eigenvalue weighted by Gasteiger charge is 2.31. The second-order valence-corrected chi connectivity index (χ2v) is 5.21. The molecule has 2 atom stereocenters. The van der Waals surface area contributed by atoms with Gasteiger partial charge < -0.3 is 20.5 Å². The number of carbonyl (C=O) groups excluding carboxylic acids is 1. The smallest absolute Gasteiger partial charge is 0.339 e. The minimum Gasteiger partial charge on any atom is -0.489 e. The van der Waals surface area contributed by atoms with Crippen molar-refractivity contribution < 1.29 is 19.4 Å². The van der Waals surface area contributed by atoms with E-state index in [1.54, 1.807) is 12.1 Å². The molecular formula is C15H20N2O4. The molecule has 1 amide bonds. The van der Waals surface area contributed by atoms with E-state index in [4.69, 9.17) is 10.5 Å². The van der Waals surface area contributed by atoms with Crippen LogP contribution in [-0.4, -0.2) is 36.2 Å². The Kier molecular flexibility index (Phi) is 4.47. The largest absolute Gasteiger partial charge is 0.489 e. The summed E-state index contributed by atoms with van der Waals surface area (Å²) in [4.78, 5) is 25.3. The molecule has 2 rings (SSSR count). The number of benzene rings is 1. The molecule has 0 bridgehead atoms. The van der Waals surface area contributed by atoms with Gasteiger partial charge in [0.05, 0.1) is 18.3 Å². The quantitative estimate of drug-likeness (QED) is 0.877. The zero-order valence-corrected chi connectivity index (χ0v) is 12.2. The Morgan fingerprint density at radius 3 is 2.81 bits per heavy atom. The molecule has 0 saturated carbocycles. The van der Waals surface area contributed by atoms with Gasteiger partial charge in [0.25, 0.3) is 0 Å². The van der Waals surface area contributed by atoms with E-state index in [1.807, 2.05) is 13.8 Å². The summed E-state index contributed by atoms with van der Waals surface area (Å²) in [6.07, 6.45) is 0.805. The standard InChI is InChI=1S/C15H20N2O4/c1-3-9(2)12(16)14(18)17-7-8-21-13-10(15(19)20)5-4-6-11(13)17/h4-6,9,12H,3,7-8,16H2,1-2H3,(H,19,20). The van der Waals surface area contributed by atoms with Gasteiger partial charge in [0.2, 0.25) is 5.91 Å². The number of fused-ring (bicyclic) bond motifs is 1. The van der Waals surface area contributed by atoms with Crippen molar-refractivity contribution in [3.8, 4) is 5.75 Å². The number of para-hydroxylation sites is 1. The fraction of sp³-hybridized carbons (Fsp3) is 0.467. The fourth-order valence-electron chi connectivity index (χ4n) is 2.32.